The van der Waals surface area contributed by atoms with Crippen molar-refractivity contribution in [2.45, 2.75) is 38.6 Å². The summed E-state index contributed by atoms with van der Waals surface area (Å²) in [5.74, 6) is 0.758. The lowest BCUT2D eigenvalue weighted by molar-refractivity contribution is 0.489. The zero-order valence-corrected chi connectivity index (χ0v) is 12.3. The fraction of sp³-hybridized carbons (Fsp3) is 0.571. The zero-order chi connectivity index (χ0) is 13.9. The molecule has 0 bridgehead atoms. The van der Waals surface area contributed by atoms with Crippen LogP contribution in [0, 0.1) is 5.92 Å². The molecule has 4 nitrogen and oxygen atoms in total. The van der Waals surface area contributed by atoms with E-state index in [0.717, 1.165) is 17.9 Å². The van der Waals surface area contributed by atoms with Crippen molar-refractivity contribution in [3.8, 4) is 0 Å². The lowest BCUT2D eigenvalue weighted by atomic mass is 10.0. The van der Waals surface area contributed by atoms with Crippen LogP contribution in [-0.4, -0.2) is 20.7 Å². The van der Waals surface area contributed by atoms with Gasteiger partial charge in [0.15, 0.2) is 0 Å². The van der Waals surface area contributed by atoms with Crippen LogP contribution in [0.2, 0.25) is 0 Å². The Morgan fingerprint density at radius 2 is 1.79 bits per heavy atom. The first-order valence-corrected chi connectivity index (χ1v) is 8.71. The third-order valence-corrected chi connectivity index (χ3v) is 4.33. The first-order chi connectivity index (χ1) is 8.98. The van der Waals surface area contributed by atoms with Gasteiger partial charge in [-0.1, -0.05) is 19.8 Å². The van der Waals surface area contributed by atoms with Crippen LogP contribution >= 0.6 is 0 Å². The molecule has 0 aliphatic heterocycles. The predicted molar refractivity (Wildman–Crippen MR) is 80.0 cm³/mol. The second kappa shape index (κ2) is 5.82. The lowest BCUT2D eigenvalue weighted by Crippen LogP contribution is -2.23. The van der Waals surface area contributed by atoms with Crippen LogP contribution in [0.1, 0.15) is 32.6 Å². The topological polar surface area (TPSA) is 58.2 Å². The van der Waals surface area contributed by atoms with Gasteiger partial charge in [-0.05, 0) is 43.0 Å². The first-order valence-electron chi connectivity index (χ1n) is 6.82. The number of hydrogen-bond donors (Lipinski definition) is 2. The molecule has 1 saturated carbocycles. The van der Waals surface area contributed by atoms with Crippen LogP contribution in [0.15, 0.2) is 24.3 Å². The van der Waals surface area contributed by atoms with E-state index in [1.165, 1.54) is 25.7 Å². The van der Waals surface area contributed by atoms with E-state index in [2.05, 4.69) is 17.0 Å². The maximum absolute atomic E-state index is 11.1. The summed E-state index contributed by atoms with van der Waals surface area (Å²) in [6.45, 7) is 2.24. The second-order valence-electron chi connectivity index (χ2n) is 5.30. The zero-order valence-electron chi connectivity index (χ0n) is 11.5. The summed E-state index contributed by atoms with van der Waals surface area (Å²) in [5, 5.41) is 3.55. The maximum atomic E-state index is 11.1. The van der Waals surface area contributed by atoms with Gasteiger partial charge in [-0.3, -0.25) is 4.72 Å². The highest BCUT2D eigenvalue weighted by atomic mass is 32.2. The van der Waals surface area contributed by atoms with Gasteiger partial charge in [0, 0.05) is 17.4 Å². The Morgan fingerprint density at radius 3 is 2.37 bits per heavy atom. The quantitative estimate of drug-likeness (QED) is 0.872. The predicted octanol–water partition coefficient (Wildman–Crippen LogP) is 3.05. The summed E-state index contributed by atoms with van der Waals surface area (Å²) in [6.07, 6.45) is 6.20. The molecule has 1 aliphatic carbocycles. The summed E-state index contributed by atoms with van der Waals surface area (Å²) in [6, 6.07) is 7.99. The van der Waals surface area contributed by atoms with E-state index in [9.17, 15) is 8.42 Å². The van der Waals surface area contributed by atoms with Crippen LogP contribution < -0.4 is 10.0 Å². The van der Waals surface area contributed by atoms with E-state index in [0.29, 0.717) is 11.7 Å². The number of nitrogens with one attached hydrogen (secondary N) is 2. The Hall–Kier alpha value is -1.23. The molecule has 0 aromatic heterocycles. The number of sulfonamides is 1. The molecule has 1 aromatic rings. The Balaban J connectivity index is 1.99. The molecule has 0 amide bonds. The molecule has 2 N–H and O–H groups in total. The molecule has 0 saturated heterocycles. The van der Waals surface area contributed by atoms with Crippen molar-refractivity contribution in [1.29, 1.82) is 0 Å². The van der Waals surface area contributed by atoms with Crippen molar-refractivity contribution in [2.24, 2.45) is 5.92 Å². The molecule has 19 heavy (non-hydrogen) atoms. The van der Waals surface area contributed by atoms with Gasteiger partial charge < -0.3 is 5.32 Å². The molecule has 0 heterocycles. The maximum Gasteiger partial charge on any atom is 0.229 e. The molecule has 2 unspecified atom stereocenters. The van der Waals surface area contributed by atoms with Gasteiger partial charge in [-0.15, -0.1) is 0 Å². The minimum Gasteiger partial charge on any atom is -0.382 e. The van der Waals surface area contributed by atoms with Crippen molar-refractivity contribution < 1.29 is 8.42 Å². The van der Waals surface area contributed by atoms with Crippen LogP contribution in [0.4, 0.5) is 11.4 Å². The van der Waals surface area contributed by atoms with Crippen molar-refractivity contribution in [3.05, 3.63) is 24.3 Å². The minimum atomic E-state index is -3.20. The fourth-order valence-electron chi connectivity index (χ4n) is 2.78. The monoisotopic (exact) mass is 282 g/mol. The van der Waals surface area contributed by atoms with Gasteiger partial charge in [-0.2, -0.15) is 0 Å². The molecule has 5 heteroatoms. The summed E-state index contributed by atoms with van der Waals surface area (Å²) in [5.41, 5.74) is 1.66. The van der Waals surface area contributed by atoms with Gasteiger partial charge >= 0.3 is 0 Å². The standard InChI is InChI=1S/C14H22N2O2S/c1-3-11-5-4-6-14(11)15-12-7-9-13(10-8-12)16-19(2,17)18/h7-11,14-16H,3-6H2,1-2H3. The Labute approximate surface area is 115 Å². The largest absolute Gasteiger partial charge is 0.382 e. The van der Waals surface area contributed by atoms with Gasteiger partial charge in [0.2, 0.25) is 10.0 Å². The molecule has 1 fully saturated rings. The average Bonchev–Trinajstić information content (AvgIpc) is 2.77. The van der Waals surface area contributed by atoms with Crippen LogP contribution in [0.5, 0.6) is 0 Å². The van der Waals surface area contributed by atoms with Crippen molar-refractivity contribution >= 4 is 21.4 Å². The van der Waals surface area contributed by atoms with E-state index < -0.39 is 10.0 Å². The molecule has 2 rings (SSSR count). The fourth-order valence-corrected chi connectivity index (χ4v) is 3.34. The minimum absolute atomic E-state index is 0.554. The molecule has 0 radical (unpaired) electrons. The Kier molecular flexibility index (Phi) is 4.34. The van der Waals surface area contributed by atoms with Gasteiger partial charge in [0.05, 0.1) is 6.26 Å². The summed E-state index contributed by atoms with van der Waals surface area (Å²) >= 11 is 0. The molecule has 0 spiro atoms. The summed E-state index contributed by atoms with van der Waals surface area (Å²) < 4.78 is 24.7. The van der Waals surface area contributed by atoms with E-state index in [4.69, 9.17) is 0 Å². The van der Waals surface area contributed by atoms with Gasteiger partial charge in [0.25, 0.3) is 0 Å². The van der Waals surface area contributed by atoms with Crippen LogP contribution in [-0.2, 0) is 10.0 Å². The smallest absolute Gasteiger partial charge is 0.229 e. The number of benzene rings is 1. The number of rotatable bonds is 5. The highest BCUT2D eigenvalue weighted by Gasteiger charge is 2.25. The van der Waals surface area contributed by atoms with E-state index in [-0.39, 0.29) is 0 Å². The molecule has 2 atom stereocenters. The second-order valence-corrected chi connectivity index (χ2v) is 7.05. The van der Waals surface area contributed by atoms with Gasteiger partial charge in [0.1, 0.15) is 0 Å². The molecule has 1 aliphatic rings. The number of anilines is 2. The van der Waals surface area contributed by atoms with Crippen LogP contribution in [0.25, 0.3) is 0 Å². The lowest BCUT2D eigenvalue weighted by Gasteiger charge is -2.21. The SMILES string of the molecule is CCC1CCCC1Nc1ccc(NS(C)(=O)=O)cc1. The Bertz CT molecular complexity index is 511. The van der Waals surface area contributed by atoms with Crippen molar-refractivity contribution in [1.82, 2.24) is 0 Å². The molecule has 106 valence electrons. The van der Waals surface area contributed by atoms with E-state index in [1.54, 1.807) is 12.1 Å². The third-order valence-electron chi connectivity index (χ3n) is 3.72. The van der Waals surface area contributed by atoms with Crippen LogP contribution in [0.3, 0.4) is 0 Å². The normalized spacial score (nSPS) is 23.3. The average molecular weight is 282 g/mol. The first kappa shape index (κ1) is 14.2. The highest BCUT2D eigenvalue weighted by Crippen LogP contribution is 2.30. The highest BCUT2D eigenvalue weighted by molar-refractivity contribution is 7.92. The van der Waals surface area contributed by atoms with E-state index >= 15 is 0 Å². The van der Waals surface area contributed by atoms with Gasteiger partial charge in [-0.25, -0.2) is 8.42 Å². The van der Waals surface area contributed by atoms with Crippen molar-refractivity contribution in [3.63, 3.8) is 0 Å². The molecular weight excluding hydrogens is 260 g/mol. The Morgan fingerprint density at radius 1 is 1.16 bits per heavy atom. The summed E-state index contributed by atoms with van der Waals surface area (Å²) in [7, 11) is -3.20. The summed E-state index contributed by atoms with van der Waals surface area (Å²) in [4.78, 5) is 0. The third kappa shape index (κ3) is 4.13. The van der Waals surface area contributed by atoms with E-state index in [1.807, 2.05) is 12.1 Å². The molecule has 1 aromatic carbocycles. The number of hydrogen-bond acceptors (Lipinski definition) is 3. The van der Waals surface area contributed by atoms with Crippen molar-refractivity contribution in [2.75, 3.05) is 16.3 Å². The molecular formula is C14H22N2O2S.